The van der Waals surface area contributed by atoms with E-state index in [0.29, 0.717) is 22.3 Å². The second kappa shape index (κ2) is 6.25. The molecule has 4 heteroatoms. The van der Waals surface area contributed by atoms with E-state index in [1.54, 1.807) is 18.2 Å². The van der Waals surface area contributed by atoms with Crippen LogP contribution in [0.5, 0.6) is 11.5 Å². The molecule has 0 fully saturated rings. The Kier molecular flexibility index (Phi) is 4.63. The first-order chi connectivity index (χ1) is 9.47. The summed E-state index contributed by atoms with van der Waals surface area (Å²) in [5.41, 5.74) is 7.59. The van der Waals surface area contributed by atoms with Gasteiger partial charge in [0.15, 0.2) is 0 Å². The van der Waals surface area contributed by atoms with E-state index in [4.69, 9.17) is 34.3 Å². The van der Waals surface area contributed by atoms with E-state index < -0.39 is 0 Å². The van der Waals surface area contributed by atoms with Crippen LogP contribution < -0.4 is 10.5 Å². The Morgan fingerprint density at radius 2 is 1.95 bits per heavy atom. The number of nitrogens with two attached hydrogens (primary N) is 1. The van der Waals surface area contributed by atoms with Crippen molar-refractivity contribution in [1.82, 2.24) is 0 Å². The molecule has 0 aliphatic heterocycles. The molecule has 0 saturated carbocycles. The number of ether oxygens (including phenoxy) is 1. The molecular weight excluding hydrogens is 290 g/mol. The molecule has 2 N–H and O–H groups in total. The van der Waals surface area contributed by atoms with Crippen molar-refractivity contribution >= 4 is 28.8 Å². The minimum atomic E-state index is 0.289. The fourth-order valence-corrected chi connectivity index (χ4v) is 2.18. The van der Waals surface area contributed by atoms with Crippen molar-refractivity contribution in [3.63, 3.8) is 0 Å². The van der Waals surface area contributed by atoms with Gasteiger partial charge in [0.05, 0.1) is 5.56 Å². The van der Waals surface area contributed by atoms with Gasteiger partial charge in [-0.25, -0.2) is 0 Å². The molecular formula is C16H16ClNOS. The van der Waals surface area contributed by atoms with Crippen LogP contribution >= 0.6 is 23.8 Å². The third-order valence-corrected chi connectivity index (χ3v) is 3.42. The van der Waals surface area contributed by atoms with Crippen LogP contribution in [0.1, 0.15) is 30.9 Å². The lowest BCUT2D eigenvalue weighted by Crippen LogP contribution is -2.10. The summed E-state index contributed by atoms with van der Waals surface area (Å²) in [6, 6.07) is 13.2. The molecule has 0 heterocycles. The highest BCUT2D eigenvalue weighted by Crippen LogP contribution is 2.30. The van der Waals surface area contributed by atoms with Crippen LogP contribution in [0.25, 0.3) is 0 Å². The van der Waals surface area contributed by atoms with E-state index >= 15 is 0 Å². The molecule has 0 spiro atoms. The normalized spacial score (nSPS) is 10.6. The molecule has 0 radical (unpaired) electrons. The highest BCUT2D eigenvalue weighted by atomic mass is 35.5. The predicted octanol–water partition coefficient (Wildman–Crippen LogP) is 4.89. The molecule has 2 rings (SSSR count). The number of benzene rings is 2. The van der Waals surface area contributed by atoms with E-state index in [2.05, 4.69) is 19.9 Å². The van der Waals surface area contributed by atoms with Crippen molar-refractivity contribution in [2.45, 2.75) is 19.8 Å². The molecule has 0 saturated heterocycles. The van der Waals surface area contributed by atoms with E-state index in [9.17, 15) is 0 Å². The van der Waals surface area contributed by atoms with Gasteiger partial charge in [0, 0.05) is 11.1 Å². The van der Waals surface area contributed by atoms with Crippen LogP contribution in [0.2, 0.25) is 5.02 Å². The van der Waals surface area contributed by atoms with Gasteiger partial charge in [-0.1, -0.05) is 49.8 Å². The van der Waals surface area contributed by atoms with Crippen LogP contribution in [-0.2, 0) is 0 Å². The van der Waals surface area contributed by atoms with Gasteiger partial charge < -0.3 is 10.5 Å². The zero-order valence-corrected chi connectivity index (χ0v) is 13.0. The quantitative estimate of drug-likeness (QED) is 0.817. The minimum absolute atomic E-state index is 0.289. The Morgan fingerprint density at radius 1 is 1.20 bits per heavy atom. The summed E-state index contributed by atoms with van der Waals surface area (Å²) < 4.78 is 5.89. The van der Waals surface area contributed by atoms with E-state index in [1.807, 2.05) is 18.2 Å². The van der Waals surface area contributed by atoms with Gasteiger partial charge in [0.1, 0.15) is 16.5 Å². The van der Waals surface area contributed by atoms with Crippen molar-refractivity contribution in [1.29, 1.82) is 0 Å². The van der Waals surface area contributed by atoms with E-state index in [0.717, 1.165) is 5.75 Å². The van der Waals surface area contributed by atoms with Crippen molar-refractivity contribution in [3.8, 4) is 11.5 Å². The van der Waals surface area contributed by atoms with Crippen LogP contribution in [-0.4, -0.2) is 4.99 Å². The maximum absolute atomic E-state index is 6.01. The predicted molar refractivity (Wildman–Crippen MR) is 87.9 cm³/mol. The van der Waals surface area contributed by atoms with Crippen LogP contribution in [0.3, 0.4) is 0 Å². The molecule has 20 heavy (non-hydrogen) atoms. The maximum Gasteiger partial charge on any atom is 0.139 e. The fraction of sp³-hybridized carbons (Fsp3) is 0.188. The van der Waals surface area contributed by atoms with Gasteiger partial charge in [-0.3, -0.25) is 0 Å². The molecule has 0 bridgehead atoms. The molecule has 104 valence electrons. The first-order valence-electron chi connectivity index (χ1n) is 6.34. The molecule has 0 aliphatic rings. The first kappa shape index (κ1) is 14.8. The molecule has 0 aromatic heterocycles. The number of halogens is 1. The molecule has 0 atom stereocenters. The van der Waals surface area contributed by atoms with Gasteiger partial charge in [0.25, 0.3) is 0 Å². The van der Waals surface area contributed by atoms with Crippen molar-refractivity contribution < 1.29 is 4.74 Å². The molecule has 0 amide bonds. The average Bonchev–Trinajstić information content (AvgIpc) is 2.38. The molecule has 2 aromatic carbocycles. The summed E-state index contributed by atoms with van der Waals surface area (Å²) in [7, 11) is 0. The third kappa shape index (κ3) is 3.50. The maximum atomic E-state index is 6.01. The van der Waals surface area contributed by atoms with E-state index in [-0.39, 0.29) is 4.99 Å². The fourth-order valence-electron chi connectivity index (χ4n) is 1.85. The molecule has 0 aliphatic carbocycles. The minimum Gasteiger partial charge on any atom is -0.457 e. The van der Waals surface area contributed by atoms with Crippen molar-refractivity contribution in [2.24, 2.45) is 5.73 Å². The van der Waals surface area contributed by atoms with Gasteiger partial charge in [-0.15, -0.1) is 0 Å². The molecule has 0 unspecified atom stereocenters. The lowest BCUT2D eigenvalue weighted by Gasteiger charge is -2.12. The van der Waals surface area contributed by atoms with Gasteiger partial charge in [0.2, 0.25) is 0 Å². The average molecular weight is 306 g/mol. The lowest BCUT2D eigenvalue weighted by atomic mass is 10.0. The molecule has 2 nitrogen and oxygen atoms in total. The Balaban J connectivity index is 2.36. The number of hydrogen-bond acceptors (Lipinski definition) is 2. The largest absolute Gasteiger partial charge is 0.457 e. The zero-order chi connectivity index (χ0) is 14.7. The van der Waals surface area contributed by atoms with Gasteiger partial charge in [-0.2, -0.15) is 0 Å². The van der Waals surface area contributed by atoms with Crippen molar-refractivity contribution in [3.05, 3.63) is 58.6 Å². The summed E-state index contributed by atoms with van der Waals surface area (Å²) >= 11 is 11.0. The molecule has 2 aromatic rings. The monoisotopic (exact) mass is 305 g/mol. The van der Waals surface area contributed by atoms with Gasteiger partial charge >= 0.3 is 0 Å². The van der Waals surface area contributed by atoms with Crippen LogP contribution in [0.15, 0.2) is 42.5 Å². The smallest absolute Gasteiger partial charge is 0.139 e. The summed E-state index contributed by atoms with van der Waals surface area (Å²) in [5.74, 6) is 1.76. The number of rotatable bonds is 4. The second-order valence-electron chi connectivity index (χ2n) is 4.83. The summed E-state index contributed by atoms with van der Waals surface area (Å²) in [6.07, 6.45) is 0. The number of hydrogen-bond donors (Lipinski definition) is 1. The SMILES string of the molecule is CC(C)c1cccc(Oc2cc(Cl)ccc2C(N)=S)c1. The number of thiocarbonyl (C=S) groups is 1. The highest BCUT2D eigenvalue weighted by Gasteiger charge is 2.09. The Morgan fingerprint density at radius 3 is 2.60 bits per heavy atom. The lowest BCUT2D eigenvalue weighted by molar-refractivity contribution is 0.480. The van der Waals surface area contributed by atoms with Gasteiger partial charge in [-0.05, 0) is 35.7 Å². The zero-order valence-electron chi connectivity index (χ0n) is 11.4. The first-order valence-corrected chi connectivity index (χ1v) is 7.13. The van der Waals surface area contributed by atoms with Crippen LogP contribution in [0.4, 0.5) is 0 Å². The summed E-state index contributed by atoms with van der Waals surface area (Å²) in [5, 5.41) is 0.583. The second-order valence-corrected chi connectivity index (χ2v) is 5.71. The topological polar surface area (TPSA) is 35.2 Å². The third-order valence-electron chi connectivity index (χ3n) is 2.96. The summed E-state index contributed by atoms with van der Waals surface area (Å²) in [4.78, 5) is 0.289. The summed E-state index contributed by atoms with van der Waals surface area (Å²) in [6.45, 7) is 4.28. The van der Waals surface area contributed by atoms with E-state index in [1.165, 1.54) is 5.56 Å². The Hall–Kier alpha value is -1.58. The van der Waals surface area contributed by atoms with Crippen molar-refractivity contribution in [2.75, 3.05) is 0 Å². The Labute approximate surface area is 129 Å². The van der Waals surface area contributed by atoms with Crippen LogP contribution in [0, 0.1) is 0 Å². The standard InChI is InChI=1S/C16H16ClNOS/c1-10(2)11-4-3-5-13(8-11)19-15-9-12(17)6-7-14(15)16(18)20/h3-10H,1-2H3,(H2,18,20). The Bertz CT molecular complexity index is 640. The highest BCUT2D eigenvalue weighted by molar-refractivity contribution is 7.80.